The maximum atomic E-state index is 10.9. The lowest BCUT2D eigenvalue weighted by Crippen LogP contribution is -2.07. The molecule has 0 aliphatic rings. The number of aromatic nitrogens is 3. The van der Waals surface area contributed by atoms with Crippen molar-refractivity contribution in [1.29, 1.82) is 0 Å². The van der Waals surface area contributed by atoms with Gasteiger partial charge in [-0.25, -0.2) is 14.8 Å². The van der Waals surface area contributed by atoms with Crippen LogP contribution in [-0.2, 0) is 6.54 Å². The number of ether oxygens (including phenoxy) is 1. The minimum absolute atomic E-state index is 0.0589. The molecule has 0 bridgehead atoms. The summed E-state index contributed by atoms with van der Waals surface area (Å²) in [6, 6.07) is 1.46. The maximum Gasteiger partial charge on any atom is 0.337 e. The number of hydrogen-bond acceptors (Lipinski definition) is 5. The molecule has 2 aromatic heterocycles. The minimum atomic E-state index is -1.07. The highest BCUT2D eigenvalue weighted by Crippen LogP contribution is 2.18. The summed E-state index contributed by atoms with van der Waals surface area (Å²) < 4.78 is 6.66. The molecular formula is C12H11N3O4. The van der Waals surface area contributed by atoms with Gasteiger partial charge in [-0.2, -0.15) is 0 Å². The van der Waals surface area contributed by atoms with Gasteiger partial charge in [-0.15, -0.1) is 0 Å². The molecule has 0 aromatic carbocycles. The second-order valence-electron chi connectivity index (χ2n) is 3.76. The zero-order chi connectivity index (χ0) is 13.8. The Balaban J connectivity index is 2.40. The lowest BCUT2D eigenvalue weighted by molar-refractivity contribution is 0.0696. The molecule has 0 radical (unpaired) electrons. The van der Waals surface area contributed by atoms with E-state index >= 15 is 0 Å². The summed E-state index contributed by atoms with van der Waals surface area (Å²) >= 11 is 0. The van der Waals surface area contributed by atoms with Gasteiger partial charge in [0.05, 0.1) is 31.7 Å². The zero-order valence-electron chi connectivity index (χ0n) is 10.1. The van der Waals surface area contributed by atoms with Crippen LogP contribution in [0.3, 0.4) is 0 Å². The number of aromatic carboxylic acids is 1. The number of carboxylic acids is 1. The second-order valence-corrected chi connectivity index (χ2v) is 3.76. The van der Waals surface area contributed by atoms with Crippen molar-refractivity contribution in [2.45, 2.75) is 6.54 Å². The zero-order valence-corrected chi connectivity index (χ0v) is 10.1. The van der Waals surface area contributed by atoms with Crippen molar-refractivity contribution in [1.82, 2.24) is 14.5 Å². The van der Waals surface area contributed by atoms with E-state index in [9.17, 15) is 9.59 Å². The first-order valence-corrected chi connectivity index (χ1v) is 5.37. The Morgan fingerprint density at radius 3 is 2.95 bits per heavy atom. The van der Waals surface area contributed by atoms with Crippen LogP contribution in [0.15, 0.2) is 24.8 Å². The molecule has 19 heavy (non-hydrogen) atoms. The topological polar surface area (TPSA) is 94.3 Å². The number of carbonyl (C=O) groups is 2. The summed E-state index contributed by atoms with van der Waals surface area (Å²) in [6.07, 6.45) is 4.80. The van der Waals surface area contributed by atoms with E-state index in [1.165, 1.54) is 31.9 Å². The molecule has 2 rings (SSSR count). The monoisotopic (exact) mass is 261 g/mol. The third-order valence-corrected chi connectivity index (χ3v) is 2.57. The second kappa shape index (κ2) is 5.30. The Kier molecular flexibility index (Phi) is 3.56. The van der Waals surface area contributed by atoms with Crippen LogP contribution in [0.4, 0.5) is 0 Å². The van der Waals surface area contributed by atoms with Crippen LogP contribution in [0.25, 0.3) is 0 Å². The molecule has 0 aliphatic carbocycles. The van der Waals surface area contributed by atoms with E-state index in [0.717, 1.165) is 0 Å². The molecule has 98 valence electrons. The van der Waals surface area contributed by atoms with E-state index in [1.54, 1.807) is 4.57 Å². The van der Waals surface area contributed by atoms with Crippen molar-refractivity contribution < 1.29 is 19.4 Å². The van der Waals surface area contributed by atoms with E-state index in [4.69, 9.17) is 9.84 Å². The third kappa shape index (κ3) is 2.59. The van der Waals surface area contributed by atoms with E-state index < -0.39 is 5.97 Å². The van der Waals surface area contributed by atoms with Crippen molar-refractivity contribution in [2.24, 2.45) is 0 Å². The quantitative estimate of drug-likeness (QED) is 0.802. The number of hydrogen-bond donors (Lipinski definition) is 1. The molecule has 0 atom stereocenters. The van der Waals surface area contributed by atoms with Crippen LogP contribution < -0.4 is 4.74 Å². The summed E-state index contributed by atoms with van der Waals surface area (Å²) in [7, 11) is 1.45. The van der Waals surface area contributed by atoms with Crippen LogP contribution >= 0.6 is 0 Å². The highest BCUT2D eigenvalue weighted by molar-refractivity contribution is 5.87. The fraction of sp³-hybridized carbons (Fsp3) is 0.167. The Morgan fingerprint density at radius 2 is 2.32 bits per heavy atom. The lowest BCUT2D eigenvalue weighted by atomic mass is 10.2. The molecule has 0 amide bonds. The summed E-state index contributed by atoms with van der Waals surface area (Å²) in [6.45, 7) is 0.255. The van der Waals surface area contributed by atoms with Crippen LogP contribution in [0.1, 0.15) is 26.4 Å². The summed E-state index contributed by atoms with van der Waals surface area (Å²) in [5, 5.41) is 8.94. The molecule has 1 N–H and O–H groups in total. The summed E-state index contributed by atoms with van der Waals surface area (Å²) in [5.41, 5.74) is 1.01. The van der Waals surface area contributed by atoms with E-state index in [0.29, 0.717) is 23.4 Å². The van der Waals surface area contributed by atoms with Gasteiger partial charge in [-0.1, -0.05) is 0 Å². The van der Waals surface area contributed by atoms with E-state index in [-0.39, 0.29) is 12.1 Å². The molecule has 7 heteroatoms. The Labute approximate surface area is 108 Å². The van der Waals surface area contributed by atoms with Gasteiger partial charge in [-0.3, -0.25) is 4.79 Å². The SMILES string of the molecule is COc1ncc(C(=O)O)cc1Cn1cncc1C=O. The lowest BCUT2D eigenvalue weighted by Gasteiger charge is -2.09. The first-order chi connectivity index (χ1) is 9.15. The fourth-order valence-electron chi connectivity index (χ4n) is 1.66. The number of carboxylic acid groups (broad SMARTS) is 1. The number of pyridine rings is 1. The third-order valence-electron chi connectivity index (χ3n) is 2.57. The van der Waals surface area contributed by atoms with E-state index in [2.05, 4.69) is 9.97 Å². The summed E-state index contributed by atoms with van der Waals surface area (Å²) in [4.78, 5) is 29.5. The number of aldehydes is 1. The number of nitrogens with zero attached hydrogens (tertiary/aromatic N) is 3. The van der Waals surface area contributed by atoms with Gasteiger partial charge < -0.3 is 14.4 Å². The molecule has 0 saturated carbocycles. The molecular weight excluding hydrogens is 250 g/mol. The molecule has 0 unspecified atom stereocenters. The van der Waals surface area contributed by atoms with Crippen molar-refractivity contribution in [2.75, 3.05) is 7.11 Å². The molecule has 0 aliphatic heterocycles. The highest BCUT2D eigenvalue weighted by atomic mass is 16.5. The van der Waals surface area contributed by atoms with Gasteiger partial charge in [0, 0.05) is 11.8 Å². The van der Waals surface area contributed by atoms with Crippen molar-refractivity contribution in [3.63, 3.8) is 0 Å². The Hall–Kier alpha value is -2.70. The molecule has 7 nitrogen and oxygen atoms in total. The Bertz CT molecular complexity index is 621. The maximum absolute atomic E-state index is 10.9. The van der Waals surface area contributed by atoms with Gasteiger partial charge in [-0.05, 0) is 6.07 Å². The van der Waals surface area contributed by atoms with Gasteiger partial charge in [0.25, 0.3) is 0 Å². The summed E-state index contributed by atoms with van der Waals surface area (Å²) in [5.74, 6) is -0.756. The normalized spacial score (nSPS) is 10.2. The average molecular weight is 261 g/mol. The molecule has 0 spiro atoms. The minimum Gasteiger partial charge on any atom is -0.481 e. The van der Waals surface area contributed by atoms with Crippen LogP contribution in [0, 0.1) is 0 Å². The predicted molar refractivity (Wildman–Crippen MR) is 64.5 cm³/mol. The number of imidazole rings is 1. The number of carbonyl (C=O) groups excluding carboxylic acids is 1. The molecule has 0 saturated heterocycles. The first kappa shape index (κ1) is 12.7. The number of rotatable bonds is 5. The largest absolute Gasteiger partial charge is 0.481 e. The fourth-order valence-corrected chi connectivity index (χ4v) is 1.66. The molecule has 2 heterocycles. The van der Waals surface area contributed by atoms with Gasteiger partial charge in [0.1, 0.15) is 5.69 Å². The highest BCUT2D eigenvalue weighted by Gasteiger charge is 2.12. The van der Waals surface area contributed by atoms with Crippen molar-refractivity contribution >= 4 is 12.3 Å². The predicted octanol–water partition coefficient (Wildman–Crippen LogP) is 0.846. The van der Waals surface area contributed by atoms with Crippen molar-refractivity contribution in [3.8, 4) is 5.88 Å². The smallest absolute Gasteiger partial charge is 0.337 e. The van der Waals surface area contributed by atoms with Gasteiger partial charge in [0.2, 0.25) is 5.88 Å². The van der Waals surface area contributed by atoms with Gasteiger partial charge >= 0.3 is 5.97 Å². The van der Waals surface area contributed by atoms with Crippen LogP contribution in [0.5, 0.6) is 5.88 Å². The first-order valence-electron chi connectivity index (χ1n) is 5.37. The van der Waals surface area contributed by atoms with Crippen LogP contribution in [0.2, 0.25) is 0 Å². The standard InChI is InChI=1S/C12H11N3O4/c1-19-11-9(2-8(3-14-11)12(17)18)5-15-7-13-4-10(15)6-16/h2-4,6-7H,5H2,1H3,(H,17,18). The van der Waals surface area contributed by atoms with Crippen LogP contribution in [-0.4, -0.2) is 39.0 Å². The average Bonchev–Trinajstić information content (AvgIpc) is 2.85. The van der Waals surface area contributed by atoms with Crippen molar-refractivity contribution in [3.05, 3.63) is 41.6 Å². The molecule has 0 fully saturated rings. The molecule has 2 aromatic rings. The van der Waals surface area contributed by atoms with E-state index in [1.807, 2.05) is 0 Å². The van der Waals surface area contributed by atoms with Gasteiger partial charge in [0.15, 0.2) is 6.29 Å². The number of methoxy groups -OCH3 is 1. The Morgan fingerprint density at radius 1 is 1.53 bits per heavy atom.